The van der Waals surface area contributed by atoms with Crippen LogP contribution in [0.4, 0.5) is 5.82 Å². The summed E-state index contributed by atoms with van der Waals surface area (Å²) >= 11 is 0. The van der Waals surface area contributed by atoms with Gasteiger partial charge in [0.05, 0.1) is 25.5 Å². The lowest BCUT2D eigenvalue weighted by Gasteiger charge is -2.31. The maximum absolute atomic E-state index is 14.5. The van der Waals surface area contributed by atoms with E-state index in [1.807, 2.05) is 18.2 Å². The van der Waals surface area contributed by atoms with E-state index in [4.69, 9.17) is 38.5 Å². The van der Waals surface area contributed by atoms with Gasteiger partial charge in [-0.2, -0.15) is 10.2 Å². The first-order valence-corrected chi connectivity index (χ1v) is 17.8. The number of rotatable bonds is 11. The summed E-state index contributed by atoms with van der Waals surface area (Å²) < 4.78 is 58.7. The molecule has 1 aromatic carbocycles. The Morgan fingerprint density at radius 2 is 1.96 bits per heavy atom. The van der Waals surface area contributed by atoms with E-state index in [-0.39, 0.29) is 29.7 Å². The fourth-order valence-electron chi connectivity index (χ4n) is 6.30. The SMILES string of the molecule is C/N=C\[C@@]1(c2ccc3c(N)ncnn23)O[C@H](COP(=O)(N[C@@H](C)C(=O)O[C@H]2CCOC2)Oc2ccc(C(C)(C)C)cc2)[C@H]2OC(C)(C)O[C@H]21. The van der Waals surface area contributed by atoms with Gasteiger partial charge in [0.25, 0.3) is 0 Å². The van der Waals surface area contributed by atoms with Gasteiger partial charge >= 0.3 is 13.7 Å². The second-order valence-corrected chi connectivity index (χ2v) is 15.6. The number of aliphatic imine (C=N–C) groups is 1. The van der Waals surface area contributed by atoms with Gasteiger partial charge in [0.2, 0.25) is 0 Å². The zero-order valence-electron chi connectivity index (χ0n) is 28.8. The largest absolute Gasteiger partial charge is 0.459 e. The summed E-state index contributed by atoms with van der Waals surface area (Å²) in [6, 6.07) is 9.76. The normalized spacial score (nSPS) is 28.5. The van der Waals surface area contributed by atoms with Crippen molar-refractivity contribution >= 4 is 31.3 Å². The first-order valence-electron chi connectivity index (χ1n) is 16.3. The first-order chi connectivity index (χ1) is 23.1. The van der Waals surface area contributed by atoms with Gasteiger partial charge < -0.3 is 33.9 Å². The van der Waals surface area contributed by atoms with Gasteiger partial charge in [-0.25, -0.2) is 14.1 Å². The average Bonchev–Trinajstić information content (AvgIpc) is 3.81. The van der Waals surface area contributed by atoms with Crippen molar-refractivity contribution in [3.63, 3.8) is 0 Å². The smallest absolute Gasteiger partial charge is 0.459 e. The van der Waals surface area contributed by atoms with Gasteiger partial charge in [-0.1, -0.05) is 32.9 Å². The zero-order valence-corrected chi connectivity index (χ0v) is 29.7. The molecule has 3 N–H and O–H groups in total. The molecule has 5 heterocycles. The average molecular weight is 701 g/mol. The van der Waals surface area contributed by atoms with Crippen LogP contribution in [-0.2, 0) is 48.6 Å². The number of nitrogens with two attached hydrogens (primary N) is 1. The monoisotopic (exact) mass is 700 g/mol. The van der Waals surface area contributed by atoms with Crippen molar-refractivity contribution in [1.29, 1.82) is 0 Å². The highest BCUT2D eigenvalue weighted by Crippen LogP contribution is 2.51. The molecule has 266 valence electrons. The molecular weight excluding hydrogens is 655 g/mol. The molecule has 0 bridgehead atoms. The Balaban J connectivity index is 1.29. The topological polar surface area (TPSA) is 179 Å². The van der Waals surface area contributed by atoms with E-state index in [0.29, 0.717) is 30.8 Å². The number of esters is 1. The van der Waals surface area contributed by atoms with Crippen LogP contribution in [0, 0.1) is 0 Å². The second-order valence-electron chi connectivity index (χ2n) is 14.0. The van der Waals surface area contributed by atoms with Crippen molar-refractivity contribution in [2.45, 2.75) is 95.2 Å². The summed E-state index contributed by atoms with van der Waals surface area (Å²) in [5.74, 6) is -1.04. The molecule has 0 aliphatic carbocycles. The third-order valence-corrected chi connectivity index (χ3v) is 10.3. The summed E-state index contributed by atoms with van der Waals surface area (Å²) in [5.41, 5.74) is 6.93. The zero-order chi connectivity index (χ0) is 35.2. The van der Waals surface area contributed by atoms with Crippen LogP contribution in [0.25, 0.3) is 5.52 Å². The minimum Gasteiger partial charge on any atom is -0.459 e. The fraction of sp³-hybridized carbons (Fsp3) is 0.576. The van der Waals surface area contributed by atoms with E-state index in [2.05, 4.69) is 40.9 Å². The lowest BCUT2D eigenvalue weighted by molar-refractivity contribution is -0.200. The van der Waals surface area contributed by atoms with Crippen LogP contribution in [0.5, 0.6) is 5.75 Å². The molecule has 3 aliphatic rings. The maximum atomic E-state index is 14.5. The summed E-state index contributed by atoms with van der Waals surface area (Å²) in [6.45, 7) is 11.9. The minimum absolute atomic E-state index is 0.107. The lowest BCUT2D eigenvalue weighted by atomic mass is 9.87. The Morgan fingerprint density at radius 3 is 2.63 bits per heavy atom. The molecular formula is C33H45N6O9P. The molecule has 0 radical (unpaired) electrons. The third kappa shape index (κ3) is 7.25. The van der Waals surface area contributed by atoms with Gasteiger partial charge in [-0.3, -0.25) is 14.3 Å². The highest BCUT2D eigenvalue weighted by atomic mass is 31.2. The van der Waals surface area contributed by atoms with Gasteiger partial charge in [-0.05, 0) is 56.0 Å². The molecule has 1 unspecified atom stereocenters. The van der Waals surface area contributed by atoms with Gasteiger partial charge in [0.15, 0.2) is 17.2 Å². The lowest BCUT2D eigenvalue weighted by Crippen LogP contribution is -2.43. The van der Waals surface area contributed by atoms with E-state index in [0.717, 1.165) is 5.56 Å². The molecule has 6 rings (SSSR count). The number of hydrogen-bond acceptors (Lipinski definition) is 13. The van der Waals surface area contributed by atoms with Crippen LogP contribution in [0.1, 0.15) is 59.2 Å². The van der Waals surface area contributed by atoms with Crippen molar-refractivity contribution in [3.8, 4) is 5.75 Å². The predicted molar refractivity (Wildman–Crippen MR) is 179 cm³/mol. The van der Waals surface area contributed by atoms with Crippen molar-refractivity contribution < 1.29 is 42.1 Å². The summed E-state index contributed by atoms with van der Waals surface area (Å²) in [6.07, 6.45) is 0.942. The highest BCUT2D eigenvalue weighted by Gasteiger charge is 2.64. The summed E-state index contributed by atoms with van der Waals surface area (Å²) in [5, 5.41) is 7.19. The van der Waals surface area contributed by atoms with Crippen LogP contribution in [0.2, 0.25) is 0 Å². The number of anilines is 1. The Kier molecular flexibility index (Phi) is 9.65. The molecule has 15 nitrogen and oxygen atoms in total. The molecule has 0 amide bonds. The molecule has 3 aliphatic heterocycles. The minimum atomic E-state index is -4.27. The molecule has 7 atom stereocenters. The van der Waals surface area contributed by atoms with Crippen molar-refractivity contribution in [2.75, 3.05) is 32.6 Å². The van der Waals surface area contributed by atoms with Crippen molar-refractivity contribution in [1.82, 2.24) is 19.7 Å². The Bertz CT molecular complexity index is 1740. The van der Waals surface area contributed by atoms with E-state index in [1.54, 1.807) is 49.8 Å². The number of nitrogens with one attached hydrogen (secondary N) is 1. The number of aromatic nitrogens is 3. The van der Waals surface area contributed by atoms with Crippen LogP contribution in [-0.4, -0.2) is 89.9 Å². The number of carbonyl (C=O) groups excluding carboxylic acids is 1. The van der Waals surface area contributed by atoms with E-state index in [9.17, 15) is 9.36 Å². The van der Waals surface area contributed by atoms with Crippen molar-refractivity contribution in [2.24, 2.45) is 4.99 Å². The number of fused-ring (bicyclic) bond motifs is 2. The number of carbonyl (C=O) groups is 1. The second kappa shape index (κ2) is 13.4. The van der Waals surface area contributed by atoms with Gasteiger partial charge in [-0.15, -0.1) is 0 Å². The molecule has 16 heteroatoms. The maximum Gasteiger partial charge on any atom is 0.459 e. The third-order valence-electron chi connectivity index (χ3n) is 8.70. The molecule has 0 spiro atoms. The predicted octanol–water partition coefficient (Wildman–Crippen LogP) is 3.94. The fourth-order valence-corrected chi connectivity index (χ4v) is 7.80. The Morgan fingerprint density at radius 1 is 1.20 bits per heavy atom. The molecule has 0 saturated carbocycles. The van der Waals surface area contributed by atoms with Gasteiger partial charge in [0.1, 0.15) is 48.1 Å². The van der Waals surface area contributed by atoms with Crippen molar-refractivity contribution in [3.05, 3.63) is 54.0 Å². The Labute approximate surface area is 285 Å². The number of nitrogen functional groups attached to an aromatic ring is 1. The molecule has 49 heavy (non-hydrogen) atoms. The van der Waals surface area contributed by atoms with E-state index >= 15 is 0 Å². The molecule has 3 fully saturated rings. The molecule has 3 saturated heterocycles. The quantitative estimate of drug-likeness (QED) is 0.167. The molecule has 2 aromatic heterocycles. The van der Waals surface area contributed by atoms with E-state index in [1.165, 1.54) is 13.3 Å². The summed E-state index contributed by atoms with van der Waals surface area (Å²) in [7, 11) is -2.65. The van der Waals surface area contributed by atoms with Crippen LogP contribution in [0.3, 0.4) is 0 Å². The van der Waals surface area contributed by atoms with Gasteiger partial charge in [0, 0.05) is 19.7 Å². The standard InChI is InChI=1S/C33H45N6O9P/c1-20(30(40)44-23-14-15-42-16-23)38-49(41,48-22-10-8-21(9-11-22)31(2,3)4)43-17-25-27-28(47-32(5,6)46-27)33(45-25,18-35-7)26-13-12-24-29(34)36-19-37-39(24)26/h8-13,18-20,23,25,27-28H,14-17H2,1-7H3,(H,38,41)(H2,34,36,37)/b35-18-/t20-,23-,25+,27+,28+,33-,49?/m0/s1. The Hall–Kier alpha value is -3.43. The van der Waals surface area contributed by atoms with E-state index < -0.39 is 49.5 Å². The number of hydrogen-bond donors (Lipinski definition) is 2. The van der Waals surface area contributed by atoms with Crippen LogP contribution < -0.4 is 15.3 Å². The first kappa shape index (κ1) is 35.4. The van der Waals surface area contributed by atoms with Crippen LogP contribution >= 0.6 is 7.75 Å². The number of nitrogens with zero attached hydrogens (tertiary/aromatic N) is 4. The van der Waals surface area contributed by atoms with Crippen LogP contribution in [0.15, 0.2) is 47.7 Å². The number of ether oxygens (including phenoxy) is 5. The summed E-state index contributed by atoms with van der Waals surface area (Å²) in [4.78, 5) is 21.5. The molecule has 3 aromatic rings. The number of benzene rings is 1. The highest BCUT2D eigenvalue weighted by molar-refractivity contribution is 7.52.